The van der Waals surface area contributed by atoms with Crippen LogP contribution >= 0.6 is 0 Å². The average molecular weight is 309 g/mol. The van der Waals surface area contributed by atoms with Crippen molar-refractivity contribution < 1.29 is 23.7 Å². The third-order valence-corrected chi connectivity index (χ3v) is 3.21. The molecule has 1 aliphatic heterocycles. The summed E-state index contributed by atoms with van der Waals surface area (Å²) in [5.41, 5.74) is -0.983. The first-order valence-corrected chi connectivity index (χ1v) is 6.36. The van der Waals surface area contributed by atoms with Crippen molar-refractivity contribution in [1.82, 2.24) is 9.80 Å². The second-order valence-electron chi connectivity index (χ2n) is 4.94. The lowest BCUT2D eigenvalue weighted by Gasteiger charge is -2.18. The monoisotopic (exact) mass is 309 g/mol. The van der Waals surface area contributed by atoms with Crippen molar-refractivity contribution in [2.45, 2.75) is 26.4 Å². The van der Waals surface area contributed by atoms with E-state index in [0.29, 0.717) is 4.90 Å². The number of hydrogen-bond acceptors (Lipinski definition) is 5. The highest BCUT2D eigenvalue weighted by atomic mass is 19.1. The molecular weight excluding hydrogens is 297 g/mol. The molecule has 4 amide bonds. The Kier molecular flexibility index (Phi) is 3.89. The highest BCUT2D eigenvalue weighted by molar-refractivity contribution is 6.44. The number of amides is 4. The fourth-order valence-corrected chi connectivity index (χ4v) is 2.15. The number of rotatable bonds is 4. The molecular formula is C13H12FN3O5. The highest BCUT2D eigenvalue weighted by Gasteiger charge is 2.46. The molecule has 1 aromatic rings. The lowest BCUT2D eigenvalue weighted by atomic mass is 10.1. The van der Waals surface area contributed by atoms with Gasteiger partial charge in [0.2, 0.25) is 0 Å². The zero-order chi connectivity index (χ0) is 16.6. The second kappa shape index (κ2) is 5.51. The number of benzene rings is 1. The summed E-state index contributed by atoms with van der Waals surface area (Å²) >= 11 is 0. The van der Waals surface area contributed by atoms with Crippen LogP contribution in [0.25, 0.3) is 0 Å². The van der Waals surface area contributed by atoms with Crippen LogP contribution in [-0.2, 0) is 16.1 Å². The van der Waals surface area contributed by atoms with E-state index >= 15 is 0 Å². The molecule has 0 saturated carbocycles. The summed E-state index contributed by atoms with van der Waals surface area (Å²) < 4.78 is 13.8. The maximum absolute atomic E-state index is 13.8. The third kappa shape index (κ3) is 2.41. The first kappa shape index (κ1) is 15.5. The third-order valence-electron chi connectivity index (χ3n) is 3.21. The van der Waals surface area contributed by atoms with Gasteiger partial charge in [0, 0.05) is 12.1 Å². The number of halogens is 1. The van der Waals surface area contributed by atoms with Gasteiger partial charge < -0.3 is 0 Å². The predicted molar refractivity (Wildman–Crippen MR) is 71.0 cm³/mol. The number of imide groups is 2. The molecule has 0 unspecified atom stereocenters. The Hall–Kier alpha value is -2.84. The van der Waals surface area contributed by atoms with Crippen molar-refractivity contribution in [3.8, 4) is 0 Å². The SMILES string of the molecule is CC(C)N1C(=O)C(=O)N(Cc2c(F)cccc2[N+](=O)[O-])C1=O. The van der Waals surface area contributed by atoms with Gasteiger partial charge in [0.05, 0.1) is 17.0 Å². The van der Waals surface area contributed by atoms with E-state index in [2.05, 4.69) is 0 Å². The van der Waals surface area contributed by atoms with Crippen molar-refractivity contribution in [3.05, 3.63) is 39.7 Å². The van der Waals surface area contributed by atoms with Crippen molar-refractivity contribution in [2.75, 3.05) is 0 Å². The number of carbonyl (C=O) groups is 3. The minimum absolute atomic E-state index is 0.424. The Morgan fingerprint density at radius 3 is 2.36 bits per heavy atom. The topological polar surface area (TPSA) is 101 Å². The molecule has 0 N–H and O–H groups in total. The van der Waals surface area contributed by atoms with Gasteiger partial charge in [-0.15, -0.1) is 0 Å². The first-order chi connectivity index (χ1) is 10.3. The molecule has 0 bridgehead atoms. The molecule has 22 heavy (non-hydrogen) atoms. The number of urea groups is 1. The van der Waals surface area contributed by atoms with Crippen LogP contribution in [0.3, 0.4) is 0 Å². The Labute approximate surface area is 124 Å². The Morgan fingerprint density at radius 2 is 1.86 bits per heavy atom. The van der Waals surface area contributed by atoms with Crippen LogP contribution in [0.15, 0.2) is 18.2 Å². The molecule has 1 aromatic carbocycles. The van der Waals surface area contributed by atoms with Crippen molar-refractivity contribution in [3.63, 3.8) is 0 Å². The zero-order valence-electron chi connectivity index (χ0n) is 11.8. The van der Waals surface area contributed by atoms with Gasteiger partial charge in [-0.3, -0.25) is 29.5 Å². The molecule has 8 nitrogen and oxygen atoms in total. The average Bonchev–Trinajstić information content (AvgIpc) is 2.64. The Morgan fingerprint density at radius 1 is 1.23 bits per heavy atom. The molecule has 116 valence electrons. The molecule has 2 rings (SSSR count). The minimum atomic E-state index is -1.13. The molecule has 0 radical (unpaired) electrons. The lowest BCUT2D eigenvalue weighted by molar-refractivity contribution is -0.385. The number of nitrogens with zero attached hydrogens (tertiary/aromatic N) is 3. The Balaban J connectivity index is 2.40. The smallest absolute Gasteiger partial charge is 0.263 e. The maximum Gasteiger partial charge on any atom is 0.334 e. The summed E-state index contributed by atoms with van der Waals surface area (Å²) in [4.78, 5) is 47.0. The molecule has 0 atom stereocenters. The van der Waals surface area contributed by atoms with Gasteiger partial charge in [-0.05, 0) is 19.9 Å². The molecule has 9 heteroatoms. The van der Waals surface area contributed by atoms with Crippen LogP contribution in [0, 0.1) is 15.9 Å². The van der Waals surface area contributed by atoms with E-state index < -0.39 is 52.4 Å². The van der Waals surface area contributed by atoms with E-state index in [-0.39, 0.29) is 0 Å². The molecule has 1 fully saturated rings. The van der Waals surface area contributed by atoms with Crippen LogP contribution in [-0.4, -0.2) is 38.6 Å². The van der Waals surface area contributed by atoms with Gasteiger partial charge in [-0.2, -0.15) is 0 Å². The number of hydrogen-bond donors (Lipinski definition) is 0. The summed E-state index contributed by atoms with van der Waals surface area (Å²) in [6.07, 6.45) is 0. The summed E-state index contributed by atoms with van der Waals surface area (Å²) in [5.74, 6) is -3.08. The molecule has 0 spiro atoms. The van der Waals surface area contributed by atoms with E-state index in [1.807, 2.05) is 0 Å². The molecule has 1 saturated heterocycles. The van der Waals surface area contributed by atoms with E-state index in [4.69, 9.17) is 0 Å². The molecule has 0 aliphatic carbocycles. The van der Waals surface area contributed by atoms with Gasteiger partial charge >= 0.3 is 17.8 Å². The van der Waals surface area contributed by atoms with Crippen LogP contribution in [0.1, 0.15) is 19.4 Å². The van der Waals surface area contributed by atoms with E-state index in [9.17, 15) is 28.9 Å². The largest absolute Gasteiger partial charge is 0.334 e. The Bertz CT molecular complexity index is 688. The van der Waals surface area contributed by atoms with Crippen LogP contribution < -0.4 is 0 Å². The maximum atomic E-state index is 13.8. The number of nitro groups is 1. The van der Waals surface area contributed by atoms with Crippen LogP contribution in [0.2, 0.25) is 0 Å². The van der Waals surface area contributed by atoms with Crippen LogP contribution in [0.5, 0.6) is 0 Å². The number of nitro benzene ring substituents is 1. The first-order valence-electron chi connectivity index (χ1n) is 6.36. The van der Waals surface area contributed by atoms with Crippen LogP contribution in [0.4, 0.5) is 14.9 Å². The summed E-state index contributed by atoms with van der Waals surface area (Å²) in [6.45, 7) is 2.41. The highest BCUT2D eigenvalue weighted by Crippen LogP contribution is 2.26. The summed E-state index contributed by atoms with van der Waals surface area (Å²) in [6, 6.07) is 1.73. The quantitative estimate of drug-likeness (QED) is 0.362. The van der Waals surface area contributed by atoms with Gasteiger partial charge in [0.15, 0.2) is 0 Å². The van der Waals surface area contributed by atoms with Crippen molar-refractivity contribution >= 4 is 23.5 Å². The second-order valence-corrected chi connectivity index (χ2v) is 4.94. The summed E-state index contributed by atoms with van der Waals surface area (Å²) in [5, 5.41) is 10.9. The number of carbonyl (C=O) groups excluding carboxylic acids is 3. The lowest BCUT2D eigenvalue weighted by Crippen LogP contribution is -2.38. The van der Waals surface area contributed by atoms with E-state index in [1.165, 1.54) is 13.8 Å². The van der Waals surface area contributed by atoms with Gasteiger partial charge in [-0.25, -0.2) is 9.18 Å². The van der Waals surface area contributed by atoms with Crippen molar-refractivity contribution in [1.29, 1.82) is 0 Å². The standard InChI is InChI=1S/C13H12FN3O5/c1-7(2)16-12(19)11(18)15(13(16)20)6-8-9(14)4-3-5-10(8)17(21)22/h3-5,7H,6H2,1-2H3. The van der Waals surface area contributed by atoms with Gasteiger partial charge in [0.1, 0.15) is 5.82 Å². The van der Waals surface area contributed by atoms with Crippen molar-refractivity contribution in [2.24, 2.45) is 0 Å². The molecule has 1 heterocycles. The fourth-order valence-electron chi connectivity index (χ4n) is 2.15. The summed E-state index contributed by atoms with van der Waals surface area (Å²) in [7, 11) is 0. The zero-order valence-corrected chi connectivity index (χ0v) is 11.8. The molecule has 0 aromatic heterocycles. The predicted octanol–water partition coefficient (Wildman–Crippen LogP) is 1.43. The normalized spacial score (nSPS) is 15.2. The fraction of sp³-hybridized carbons (Fsp3) is 0.308. The van der Waals surface area contributed by atoms with E-state index in [1.54, 1.807) is 0 Å². The molecule has 1 aliphatic rings. The minimum Gasteiger partial charge on any atom is -0.263 e. The van der Waals surface area contributed by atoms with E-state index in [0.717, 1.165) is 23.1 Å². The van der Waals surface area contributed by atoms with Gasteiger partial charge in [-0.1, -0.05) is 6.07 Å². The van der Waals surface area contributed by atoms with Gasteiger partial charge in [0.25, 0.3) is 5.69 Å².